The number of aromatic nitrogens is 1. The van der Waals surface area contributed by atoms with E-state index in [4.69, 9.17) is 5.11 Å². The minimum absolute atomic E-state index is 0.0215. The Morgan fingerprint density at radius 1 is 1.50 bits per heavy atom. The zero-order chi connectivity index (χ0) is 14.4. The highest BCUT2D eigenvalue weighted by Crippen LogP contribution is 2.18. The number of hydrogen-bond acceptors (Lipinski definition) is 4. The van der Waals surface area contributed by atoms with Crippen LogP contribution in [0.4, 0.5) is 5.69 Å². The maximum Gasteiger partial charge on any atom is 0.267 e. The third kappa shape index (κ3) is 3.67. The summed E-state index contributed by atoms with van der Waals surface area (Å²) in [5, 5.41) is 13.3. The molecule has 0 aliphatic carbocycles. The van der Waals surface area contributed by atoms with Crippen molar-refractivity contribution in [1.29, 1.82) is 0 Å². The van der Waals surface area contributed by atoms with E-state index in [2.05, 4.69) is 22.1 Å². The molecule has 4 nitrogen and oxygen atoms in total. The van der Waals surface area contributed by atoms with Gasteiger partial charge < -0.3 is 10.4 Å². The lowest BCUT2D eigenvalue weighted by molar-refractivity contribution is 0.103. The third-order valence-corrected chi connectivity index (χ3v) is 3.38. The Balaban J connectivity index is 2.14. The van der Waals surface area contributed by atoms with Gasteiger partial charge in [-0.3, -0.25) is 9.78 Å². The van der Waals surface area contributed by atoms with E-state index in [1.807, 2.05) is 18.4 Å². The van der Waals surface area contributed by atoms with Crippen LogP contribution in [-0.4, -0.2) is 22.6 Å². The van der Waals surface area contributed by atoms with E-state index in [0.717, 1.165) is 5.56 Å². The molecule has 2 aromatic rings. The Labute approximate surface area is 121 Å². The number of carbonyl (C=O) groups excluding carboxylic acids is 1. The number of thiophene rings is 1. The fourth-order valence-corrected chi connectivity index (χ4v) is 2.35. The molecule has 2 rings (SSSR count). The lowest BCUT2D eigenvalue weighted by Crippen LogP contribution is -2.11. The summed E-state index contributed by atoms with van der Waals surface area (Å²) in [6.45, 7) is 1.94. The highest BCUT2D eigenvalue weighted by molar-refractivity contribution is 7.12. The third-order valence-electron chi connectivity index (χ3n) is 2.46. The van der Waals surface area contributed by atoms with E-state index in [1.54, 1.807) is 18.5 Å². The predicted octanol–water partition coefficient (Wildman–Crippen LogP) is 2.44. The molecule has 2 aromatic heterocycles. The van der Waals surface area contributed by atoms with Crippen LogP contribution in [0.3, 0.4) is 0 Å². The number of aliphatic hydroxyl groups excluding tert-OH is 1. The summed E-state index contributed by atoms with van der Waals surface area (Å²) in [5.74, 6) is 5.52. The molecule has 0 fully saturated rings. The van der Waals surface area contributed by atoms with Gasteiger partial charge in [0.15, 0.2) is 0 Å². The van der Waals surface area contributed by atoms with Gasteiger partial charge in [0.25, 0.3) is 5.91 Å². The summed E-state index contributed by atoms with van der Waals surface area (Å²) < 4.78 is 0. The topological polar surface area (TPSA) is 62.2 Å². The van der Waals surface area contributed by atoms with E-state index >= 15 is 0 Å². The zero-order valence-electron chi connectivity index (χ0n) is 11.0. The molecule has 0 bridgehead atoms. The Bertz CT molecular complexity index is 668. The van der Waals surface area contributed by atoms with Crippen molar-refractivity contribution in [3.05, 3.63) is 45.9 Å². The molecule has 0 unspecified atom stereocenters. The lowest BCUT2D eigenvalue weighted by atomic mass is 10.2. The second kappa shape index (κ2) is 6.85. The first-order chi connectivity index (χ1) is 9.70. The first-order valence-corrected chi connectivity index (χ1v) is 6.99. The standard InChI is InChI=1S/C15H14N2O2S/c1-11-8-13(10-16-9-11)17-15(19)14-12(5-7-20-14)4-2-3-6-18/h5,7-10,18H,3,6H2,1H3,(H,17,19). The van der Waals surface area contributed by atoms with Crippen molar-refractivity contribution in [3.8, 4) is 11.8 Å². The Hall–Kier alpha value is -2.16. The van der Waals surface area contributed by atoms with Crippen LogP contribution < -0.4 is 5.32 Å². The molecule has 0 saturated heterocycles. The van der Waals surface area contributed by atoms with Crippen LogP contribution in [-0.2, 0) is 0 Å². The molecule has 1 amide bonds. The Morgan fingerprint density at radius 3 is 3.10 bits per heavy atom. The van der Waals surface area contributed by atoms with Crippen molar-refractivity contribution in [2.45, 2.75) is 13.3 Å². The number of carbonyl (C=O) groups is 1. The molecule has 102 valence electrons. The summed E-state index contributed by atoms with van der Waals surface area (Å²) in [7, 11) is 0. The van der Waals surface area contributed by atoms with Crippen LogP contribution in [0.25, 0.3) is 0 Å². The molecule has 2 heterocycles. The SMILES string of the molecule is Cc1cncc(NC(=O)c2sccc2C#CCCO)c1. The lowest BCUT2D eigenvalue weighted by Gasteiger charge is -2.04. The molecule has 0 aliphatic rings. The van der Waals surface area contributed by atoms with Gasteiger partial charge in [0.05, 0.1) is 18.5 Å². The molecule has 0 aromatic carbocycles. The van der Waals surface area contributed by atoms with Gasteiger partial charge in [-0.2, -0.15) is 0 Å². The minimum Gasteiger partial charge on any atom is -0.395 e. The number of pyridine rings is 1. The van der Waals surface area contributed by atoms with Crippen molar-refractivity contribution in [2.24, 2.45) is 0 Å². The van der Waals surface area contributed by atoms with Gasteiger partial charge in [0.2, 0.25) is 0 Å². The summed E-state index contributed by atoms with van der Waals surface area (Å²) >= 11 is 1.34. The van der Waals surface area contributed by atoms with Gasteiger partial charge in [-0.15, -0.1) is 11.3 Å². The van der Waals surface area contributed by atoms with E-state index < -0.39 is 0 Å². The van der Waals surface area contributed by atoms with Gasteiger partial charge >= 0.3 is 0 Å². The number of aliphatic hydroxyl groups is 1. The monoisotopic (exact) mass is 286 g/mol. The maximum absolute atomic E-state index is 12.2. The van der Waals surface area contributed by atoms with Crippen molar-refractivity contribution in [2.75, 3.05) is 11.9 Å². The number of hydrogen-bond donors (Lipinski definition) is 2. The largest absolute Gasteiger partial charge is 0.395 e. The quantitative estimate of drug-likeness (QED) is 0.852. The molecule has 0 radical (unpaired) electrons. The van der Waals surface area contributed by atoms with Crippen LogP contribution in [0.2, 0.25) is 0 Å². The molecule has 0 saturated carbocycles. The van der Waals surface area contributed by atoms with Crippen molar-refractivity contribution >= 4 is 22.9 Å². The summed E-state index contributed by atoms with van der Waals surface area (Å²) in [6.07, 6.45) is 3.74. The molecule has 0 atom stereocenters. The molecule has 5 heteroatoms. The number of nitrogens with one attached hydrogen (secondary N) is 1. The van der Waals surface area contributed by atoms with Crippen LogP contribution in [0.15, 0.2) is 29.9 Å². The normalized spacial score (nSPS) is 9.70. The van der Waals surface area contributed by atoms with Crippen LogP contribution in [0, 0.1) is 18.8 Å². The predicted molar refractivity (Wildman–Crippen MR) is 79.8 cm³/mol. The number of nitrogens with zero attached hydrogens (tertiary/aromatic N) is 1. The van der Waals surface area contributed by atoms with Gasteiger partial charge in [-0.05, 0) is 30.0 Å². The average Bonchev–Trinajstić information content (AvgIpc) is 2.87. The van der Waals surface area contributed by atoms with Crippen molar-refractivity contribution in [3.63, 3.8) is 0 Å². The molecule has 0 aliphatic heterocycles. The number of anilines is 1. The number of aryl methyl sites for hydroxylation is 1. The zero-order valence-corrected chi connectivity index (χ0v) is 11.8. The maximum atomic E-state index is 12.2. The smallest absolute Gasteiger partial charge is 0.267 e. The number of rotatable bonds is 3. The van der Waals surface area contributed by atoms with Crippen molar-refractivity contribution in [1.82, 2.24) is 4.98 Å². The molecule has 0 spiro atoms. The summed E-state index contributed by atoms with van der Waals surface area (Å²) in [4.78, 5) is 16.8. The second-order valence-corrected chi connectivity index (χ2v) is 5.06. The molecular weight excluding hydrogens is 272 g/mol. The molecule has 2 N–H and O–H groups in total. The Kier molecular flexibility index (Phi) is 4.88. The first kappa shape index (κ1) is 14.3. The molecular formula is C15H14N2O2S. The first-order valence-electron chi connectivity index (χ1n) is 6.11. The highest BCUT2D eigenvalue weighted by atomic mass is 32.1. The summed E-state index contributed by atoms with van der Waals surface area (Å²) in [6, 6.07) is 3.66. The van der Waals surface area contributed by atoms with Gasteiger partial charge in [0, 0.05) is 18.2 Å². The minimum atomic E-state index is -0.194. The number of amides is 1. The molecule has 20 heavy (non-hydrogen) atoms. The van der Waals surface area contributed by atoms with Crippen molar-refractivity contribution < 1.29 is 9.90 Å². The van der Waals surface area contributed by atoms with Gasteiger partial charge in [0.1, 0.15) is 4.88 Å². The van der Waals surface area contributed by atoms with E-state index in [9.17, 15) is 4.79 Å². The van der Waals surface area contributed by atoms with Crippen LogP contribution in [0.5, 0.6) is 0 Å². The average molecular weight is 286 g/mol. The van der Waals surface area contributed by atoms with Crippen LogP contribution >= 0.6 is 11.3 Å². The van der Waals surface area contributed by atoms with Gasteiger partial charge in [-0.1, -0.05) is 11.8 Å². The Morgan fingerprint density at radius 2 is 2.35 bits per heavy atom. The summed E-state index contributed by atoms with van der Waals surface area (Å²) in [5.41, 5.74) is 2.33. The van der Waals surface area contributed by atoms with E-state index in [1.165, 1.54) is 11.3 Å². The van der Waals surface area contributed by atoms with Gasteiger partial charge in [-0.25, -0.2) is 0 Å². The second-order valence-electron chi connectivity index (χ2n) is 4.14. The van der Waals surface area contributed by atoms with E-state index in [0.29, 0.717) is 22.5 Å². The fourth-order valence-electron chi connectivity index (χ4n) is 1.61. The van der Waals surface area contributed by atoms with Crippen LogP contribution in [0.1, 0.15) is 27.2 Å². The fraction of sp³-hybridized carbons (Fsp3) is 0.200. The highest BCUT2D eigenvalue weighted by Gasteiger charge is 2.12. The van der Waals surface area contributed by atoms with E-state index in [-0.39, 0.29) is 12.5 Å².